The number of ether oxygens (including phenoxy) is 1. The van der Waals surface area contributed by atoms with Gasteiger partial charge in [0.15, 0.2) is 0 Å². The minimum Gasteiger partial charge on any atom is -0.466 e. The number of rotatable bonds is 8. The summed E-state index contributed by atoms with van der Waals surface area (Å²) in [5, 5.41) is 0. The van der Waals surface area contributed by atoms with Gasteiger partial charge in [0.2, 0.25) is 0 Å². The Balaban J connectivity index is 2.40. The number of ketones is 1. The van der Waals surface area contributed by atoms with Crippen LogP contribution in [0.2, 0.25) is 0 Å². The highest BCUT2D eigenvalue weighted by atomic mass is 19.4. The topological polar surface area (TPSA) is 56.3 Å². The van der Waals surface area contributed by atoms with Gasteiger partial charge >= 0.3 is 18.3 Å². The summed E-state index contributed by atoms with van der Waals surface area (Å²) in [6.07, 6.45) is -9.27. The molecular weight excluding hydrogens is 428 g/mol. The molecule has 0 unspecified atom stereocenters. The smallest absolute Gasteiger partial charge is 0.418 e. The summed E-state index contributed by atoms with van der Waals surface area (Å²) in [6.45, 7) is 1.70. The first-order valence-corrected chi connectivity index (χ1v) is 9.30. The van der Waals surface area contributed by atoms with Crippen molar-refractivity contribution in [2.45, 2.75) is 44.5 Å². The second-order valence-corrected chi connectivity index (χ2v) is 6.65. The number of halogens is 6. The minimum absolute atomic E-state index is 0.0710. The molecule has 2 rings (SSSR count). The van der Waals surface area contributed by atoms with Crippen LogP contribution in [0.25, 0.3) is 0 Å². The Labute approximate surface area is 174 Å². The molecule has 1 aromatic heterocycles. The predicted octanol–water partition coefficient (Wildman–Crippen LogP) is 5.55. The summed E-state index contributed by atoms with van der Waals surface area (Å²) in [4.78, 5) is 27.6. The molecule has 1 heterocycles. The molecule has 0 radical (unpaired) electrons. The Kier molecular flexibility index (Phi) is 7.80. The van der Waals surface area contributed by atoms with Crippen molar-refractivity contribution in [1.82, 2.24) is 4.98 Å². The highest BCUT2D eigenvalue weighted by molar-refractivity contribution is 5.84. The van der Waals surface area contributed by atoms with Gasteiger partial charge in [0.25, 0.3) is 0 Å². The van der Waals surface area contributed by atoms with Gasteiger partial charge < -0.3 is 4.74 Å². The molecule has 0 amide bonds. The molecule has 0 saturated carbocycles. The fraction of sp³-hybridized carbons (Fsp3) is 0.381. The first-order chi connectivity index (χ1) is 14.4. The van der Waals surface area contributed by atoms with E-state index in [2.05, 4.69) is 4.98 Å². The fourth-order valence-electron chi connectivity index (χ4n) is 3.02. The van der Waals surface area contributed by atoms with E-state index in [-0.39, 0.29) is 25.0 Å². The molecule has 0 saturated heterocycles. The molecule has 10 heteroatoms. The Hall–Kier alpha value is -2.91. The summed E-state index contributed by atoms with van der Waals surface area (Å²) in [5.41, 5.74) is -2.46. The van der Waals surface area contributed by atoms with Gasteiger partial charge in [0.1, 0.15) is 5.78 Å². The Morgan fingerprint density at radius 2 is 1.61 bits per heavy atom. The van der Waals surface area contributed by atoms with Crippen LogP contribution in [0.15, 0.2) is 42.6 Å². The lowest BCUT2D eigenvalue weighted by Crippen LogP contribution is -2.18. The summed E-state index contributed by atoms with van der Waals surface area (Å²) >= 11 is 0. The molecule has 0 N–H and O–H groups in total. The van der Waals surface area contributed by atoms with Crippen molar-refractivity contribution in [2.75, 3.05) is 6.61 Å². The third-order valence-electron chi connectivity index (χ3n) is 4.46. The number of aromatic nitrogens is 1. The summed E-state index contributed by atoms with van der Waals surface area (Å²) in [7, 11) is 0. The van der Waals surface area contributed by atoms with Crippen molar-refractivity contribution in [2.24, 2.45) is 0 Å². The first-order valence-electron chi connectivity index (χ1n) is 9.30. The minimum atomic E-state index is -4.78. The molecule has 0 aliphatic rings. The molecule has 0 aliphatic heterocycles. The van der Waals surface area contributed by atoms with Crippen LogP contribution in [0.1, 0.15) is 54.5 Å². The van der Waals surface area contributed by atoms with E-state index in [4.69, 9.17) is 4.74 Å². The molecule has 0 bridgehead atoms. The van der Waals surface area contributed by atoms with E-state index in [1.165, 1.54) is 0 Å². The van der Waals surface area contributed by atoms with Gasteiger partial charge in [-0.2, -0.15) is 26.3 Å². The molecule has 1 aromatic carbocycles. The molecule has 1 atom stereocenters. The largest absolute Gasteiger partial charge is 0.466 e. The third kappa shape index (κ3) is 6.80. The molecule has 0 fully saturated rings. The van der Waals surface area contributed by atoms with Gasteiger partial charge in [-0.15, -0.1) is 0 Å². The number of carbonyl (C=O) groups excluding carboxylic acids is 2. The zero-order valence-corrected chi connectivity index (χ0v) is 16.4. The number of hydrogen-bond donors (Lipinski definition) is 0. The van der Waals surface area contributed by atoms with Gasteiger partial charge in [-0.1, -0.05) is 12.1 Å². The van der Waals surface area contributed by atoms with Gasteiger partial charge in [-0.3, -0.25) is 14.6 Å². The number of benzene rings is 1. The Morgan fingerprint density at radius 1 is 0.968 bits per heavy atom. The van der Waals surface area contributed by atoms with Crippen molar-refractivity contribution in [1.29, 1.82) is 0 Å². The van der Waals surface area contributed by atoms with Crippen molar-refractivity contribution < 1.29 is 40.7 Å². The second-order valence-electron chi connectivity index (χ2n) is 6.65. The lowest BCUT2D eigenvalue weighted by atomic mass is 9.86. The molecule has 4 nitrogen and oxygen atoms in total. The Bertz CT molecular complexity index is 907. The number of esters is 1. The molecule has 31 heavy (non-hydrogen) atoms. The van der Waals surface area contributed by atoms with Crippen LogP contribution in [0.5, 0.6) is 0 Å². The van der Waals surface area contributed by atoms with Crippen LogP contribution in [-0.2, 0) is 26.7 Å². The van der Waals surface area contributed by atoms with E-state index in [9.17, 15) is 35.9 Å². The lowest BCUT2D eigenvalue weighted by Gasteiger charge is -2.21. The van der Waals surface area contributed by atoms with E-state index in [0.29, 0.717) is 0 Å². The molecule has 0 aliphatic carbocycles. The van der Waals surface area contributed by atoms with E-state index >= 15 is 0 Å². The maximum atomic E-state index is 13.5. The third-order valence-corrected chi connectivity index (χ3v) is 4.46. The van der Waals surface area contributed by atoms with Crippen LogP contribution < -0.4 is 0 Å². The number of Topliss-reactive ketones (excluding diaryl/α,β-unsaturated/α-hetero) is 1. The van der Waals surface area contributed by atoms with E-state index < -0.39 is 53.3 Å². The summed E-state index contributed by atoms with van der Waals surface area (Å²) in [6, 6.07) is 5.41. The maximum Gasteiger partial charge on any atom is 0.418 e. The van der Waals surface area contributed by atoms with Gasteiger partial charge in [0.05, 0.1) is 29.8 Å². The average molecular weight is 447 g/mol. The Morgan fingerprint density at radius 3 is 2.16 bits per heavy atom. The highest BCUT2D eigenvalue weighted by Gasteiger charge is 2.37. The quantitative estimate of drug-likeness (QED) is 0.393. The van der Waals surface area contributed by atoms with Crippen molar-refractivity contribution in [3.8, 4) is 0 Å². The van der Waals surface area contributed by atoms with E-state index in [0.717, 1.165) is 42.6 Å². The zero-order valence-electron chi connectivity index (χ0n) is 16.4. The molecule has 2 aromatic rings. The standard InChI is InChI=1S/C21H19F6NO3/c1-2-31-18(30)10-9-15(29)12-16(13-5-7-14(8-6-13)20(22,23)24)19-17(21(25,26)27)4-3-11-28-19/h3-8,11,16H,2,9-10,12H2,1H3/t16-/m0/s1. The highest BCUT2D eigenvalue weighted by Crippen LogP contribution is 2.39. The number of carbonyl (C=O) groups is 2. The predicted molar refractivity (Wildman–Crippen MR) is 98.0 cm³/mol. The lowest BCUT2D eigenvalue weighted by molar-refractivity contribution is -0.144. The van der Waals surface area contributed by atoms with Gasteiger partial charge in [-0.25, -0.2) is 0 Å². The van der Waals surface area contributed by atoms with E-state index in [1.807, 2.05) is 0 Å². The fourth-order valence-corrected chi connectivity index (χ4v) is 3.02. The average Bonchev–Trinajstić information content (AvgIpc) is 2.69. The van der Waals surface area contributed by atoms with Gasteiger partial charge in [0, 0.05) is 25.0 Å². The van der Waals surface area contributed by atoms with Crippen molar-refractivity contribution in [3.05, 3.63) is 65.0 Å². The van der Waals surface area contributed by atoms with Crippen LogP contribution in [0.3, 0.4) is 0 Å². The summed E-state index contributed by atoms with van der Waals surface area (Å²) < 4.78 is 83.7. The number of nitrogens with zero attached hydrogens (tertiary/aromatic N) is 1. The van der Waals surface area contributed by atoms with Crippen LogP contribution in [0, 0.1) is 0 Å². The maximum absolute atomic E-state index is 13.5. The normalized spacial score (nSPS) is 13.0. The second kappa shape index (κ2) is 9.93. The summed E-state index contributed by atoms with van der Waals surface area (Å²) in [5.74, 6) is -2.41. The van der Waals surface area contributed by atoms with Crippen molar-refractivity contribution in [3.63, 3.8) is 0 Å². The monoisotopic (exact) mass is 447 g/mol. The van der Waals surface area contributed by atoms with Crippen LogP contribution in [0.4, 0.5) is 26.3 Å². The van der Waals surface area contributed by atoms with Crippen LogP contribution >= 0.6 is 0 Å². The van der Waals surface area contributed by atoms with Crippen LogP contribution in [-0.4, -0.2) is 23.3 Å². The first kappa shape index (κ1) is 24.4. The molecule has 0 spiro atoms. The molecular formula is C21H19F6NO3. The number of alkyl halides is 6. The number of pyridine rings is 1. The SMILES string of the molecule is CCOC(=O)CCC(=O)C[C@@H](c1ccc(C(F)(F)F)cc1)c1ncccc1C(F)(F)F. The number of hydrogen-bond acceptors (Lipinski definition) is 4. The zero-order chi connectivity index (χ0) is 23.2. The van der Waals surface area contributed by atoms with E-state index in [1.54, 1.807) is 6.92 Å². The molecule has 168 valence electrons. The van der Waals surface area contributed by atoms with Crippen molar-refractivity contribution >= 4 is 11.8 Å². The van der Waals surface area contributed by atoms with Gasteiger partial charge in [-0.05, 0) is 36.8 Å².